The molecule has 2 aromatic rings. The summed E-state index contributed by atoms with van der Waals surface area (Å²) in [7, 11) is 0. The first-order chi connectivity index (χ1) is 11.3. The van der Waals surface area contributed by atoms with Gasteiger partial charge in [-0.1, -0.05) is 12.1 Å². The van der Waals surface area contributed by atoms with Gasteiger partial charge in [0, 0.05) is 12.1 Å². The molecule has 7 heteroatoms. The van der Waals surface area contributed by atoms with E-state index in [0.29, 0.717) is 6.54 Å². The van der Waals surface area contributed by atoms with Gasteiger partial charge in [0.2, 0.25) is 0 Å². The molecule has 2 rings (SSSR count). The molecule has 0 aliphatic rings. The van der Waals surface area contributed by atoms with Crippen molar-refractivity contribution in [2.24, 2.45) is 0 Å². The first-order valence-corrected chi connectivity index (χ1v) is 7.18. The van der Waals surface area contributed by atoms with Gasteiger partial charge in [0.25, 0.3) is 11.8 Å². The summed E-state index contributed by atoms with van der Waals surface area (Å²) in [6.45, 7) is 2.20. The molecule has 0 aliphatic heterocycles. The van der Waals surface area contributed by atoms with Crippen LogP contribution in [0.3, 0.4) is 0 Å². The van der Waals surface area contributed by atoms with Crippen molar-refractivity contribution in [3.05, 3.63) is 65.2 Å². The number of nitrogens with one attached hydrogen (secondary N) is 2. The van der Waals surface area contributed by atoms with Crippen molar-refractivity contribution in [2.45, 2.75) is 13.1 Å². The van der Waals surface area contributed by atoms with E-state index in [1.54, 1.807) is 31.2 Å². The Labute approximate surface area is 136 Å². The van der Waals surface area contributed by atoms with Gasteiger partial charge in [-0.25, -0.2) is 0 Å². The van der Waals surface area contributed by atoms with Gasteiger partial charge in [0.1, 0.15) is 0 Å². The zero-order valence-corrected chi connectivity index (χ0v) is 12.8. The first-order valence-electron chi connectivity index (χ1n) is 7.18. The lowest BCUT2D eigenvalue weighted by Gasteiger charge is -2.11. The van der Waals surface area contributed by atoms with Crippen LogP contribution in [0, 0.1) is 0 Å². The molecule has 0 heterocycles. The van der Waals surface area contributed by atoms with E-state index in [-0.39, 0.29) is 22.7 Å². The predicted molar refractivity (Wildman–Crippen MR) is 83.8 cm³/mol. The van der Waals surface area contributed by atoms with Crippen molar-refractivity contribution in [1.29, 1.82) is 0 Å². The zero-order chi connectivity index (χ0) is 17.7. The highest BCUT2D eigenvalue weighted by Gasteiger charge is 2.30. The molecule has 0 fully saturated rings. The molecule has 0 saturated heterocycles. The Kier molecular flexibility index (Phi) is 5.23. The SMILES string of the molecule is CCNC(=O)c1ccccc1NC(=O)c1ccc(C(F)(F)F)cc1. The highest BCUT2D eigenvalue weighted by atomic mass is 19.4. The van der Waals surface area contributed by atoms with Crippen LogP contribution in [-0.4, -0.2) is 18.4 Å². The molecule has 0 saturated carbocycles. The monoisotopic (exact) mass is 336 g/mol. The highest BCUT2D eigenvalue weighted by Crippen LogP contribution is 2.29. The molecule has 0 aromatic heterocycles. The fourth-order valence-corrected chi connectivity index (χ4v) is 2.05. The molecule has 2 aromatic carbocycles. The number of hydrogen-bond acceptors (Lipinski definition) is 2. The largest absolute Gasteiger partial charge is 0.416 e. The molecule has 0 unspecified atom stereocenters. The average Bonchev–Trinajstić information content (AvgIpc) is 2.55. The van der Waals surface area contributed by atoms with Crippen LogP contribution in [0.1, 0.15) is 33.2 Å². The summed E-state index contributed by atoms with van der Waals surface area (Å²) in [6.07, 6.45) is -4.46. The van der Waals surface area contributed by atoms with E-state index in [4.69, 9.17) is 0 Å². The van der Waals surface area contributed by atoms with E-state index >= 15 is 0 Å². The first kappa shape index (κ1) is 17.5. The van der Waals surface area contributed by atoms with Crippen LogP contribution in [0.2, 0.25) is 0 Å². The number of carbonyl (C=O) groups is 2. The van der Waals surface area contributed by atoms with Crippen molar-refractivity contribution >= 4 is 17.5 Å². The van der Waals surface area contributed by atoms with Gasteiger partial charge in [-0.2, -0.15) is 13.2 Å². The minimum atomic E-state index is -4.46. The summed E-state index contributed by atoms with van der Waals surface area (Å²) < 4.78 is 37.6. The van der Waals surface area contributed by atoms with Gasteiger partial charge in [0.05, 0.1) is 16.8 Å². The summed E-state index contributed by atoms with van der Waals surface area (Å²) in [5.41, 5.74) is -0.205. The quantitative estimate of drug-likeness (QED) is 0.894. The molecule has 24 heavy (non-hydrogen) atoms. The minimum Gasteiger partial charge on any atom is -0.352 e. The van der Waals surface area contributed by atoms with Crippen LogP contribution in [0.25, 0.3) is 0 Å². The predicted octanol–water partition coefficient (Wildman–Crippen LogP) is 3.71. The van der Waals surface area contributed by atoms with E-state index < -0.39 is 17.6 Å². The fourth-order valence-electron chi connectivity index (χ4n) is 2.05. The highest BCUT2D eigenvalue weighted by molar-refractivity contribution is 6.09. The van der Waals surface area contributed by atoms with Gasteiger partial charge in [-0.3, -0.25) is 9.59 Å². The molecule has 0 atom stereocenters. The average molecular weight is 336 g/mol. The summed E-state index contributed by atoms with van der Waals surface area (Å²) in [6, 6.07) is 10.2. The Bertz CT molecular complexity index is 740. The summed E-state index contributed by atoms with van der Waals surface area (Å²) >= 11 is 0. The van der Waals surface area contributed by atoms with Crippen LogP contribution in [0.5, 0.6) is 0 Å². The molecule has 0 spiro atoms. The van der Waals surface area contributed by atoms with Crippen LogP contribution < -0.4 is 10.6 Å². The van der Waals surface area contributed by atoms with Crippen molar-refractivity contribution < 1.29 is 22.8 Å². The minimum absolute atomic E-state index is 0.0636. The molecule has 2 amide bonds. The van der Waals surface area contributed by atoms with E-state index in [2.05, 4.69) is 10.6 Å². The van der Waals surface area contributed by atoms with Crippen molar-refractivity contribution in [3.8, 4) is 0 Å². The maximum absolute atomic E-state index is 12.5. The van der Waals surface area contributed by atoms with Gasteiger partial charge in [-0.05, 0) is 43.3 Å². The number of carbonyl (C=O) groups excluding carboxylic acids is 2. The van der Waals surface area contributed by atoms with Crippen LogP contribution in [0.15, 0.2) is 48.5 Å². The number of para-hydroxylation sites is 1. The van der Waals surface area contributed by atoms with E-state index in [0.717, 1.165) is 24.3 Å². The van der Waals surface area contributed by atoms with Crippen LogP contribution in [-0.2, 0) is 6.18 Å². The molecule has 4 nitrogen and oxygen atoms in total. The van der Waals surface area contributed by atoms with Crippen molar-refractivity contribution in [3.63, 3.8) is 0 Å². The zero-order valence-electron chi connectivity index (χ0n) is 12.8. The lowest BCUT2D eigenvalue weighted by atomic mass is 10.1. The van der Waals surface area contributed by atoms with E-state index in [1.165, 1.54) is 0 Å². The van der Waals surface area contributed by atoms with Crippen molar-refractivity contribution in [1.82, 2.24) is 5.32 Å². The second-order valence-electron chi connectivity index (χ2n) is 4.93. The second-order valence-corrected chi connectivity index (χ2v) is 4.93. The van der Waals surface area contributed by atoms with Gasteiger partial charge in [0.15, 0.2) is 0 Å². The summed E-state index contributed by atoms with van der Waals surface area (Å²) in [5, 5.41) is 5.17. The molecular formula is C17H15F3N2O2. The maximum Gasteiger partial charge on any atom is 0.416 e. The van der Waals surface area contributed by atoms with E-state index in [9.17, 15) is 22.8 Å². The second kappa shape index (κ2) is 7.16. The Balaban J connectivity index is 2.20. The standard InChI is InChI=1S/C17H15F3N2O2/c1-2-21-16(24)13-5-3-4-6-14(13)22-15(23)11-7-9-12(10-8-11)17(18,19)20/h3-10H,2H2,1H3,(H,21,24)(H,22,23). The van der Waals surface area contributed by atoms with Crippen LogP contribution >= 0.6 is 0 Å². The van der Waals surface area contributed by atoms with Crippen LogP contribution in [0.4, 0.5) is 18.9 Å². The van der Waals surface area contributed by atoms with E-state index in [1.807, 2.05) is 0 Å². The Morgan fingerprint density at radius 1 is 0.958 bits per heavy atom. The number of hydrogen-bond donors (Lipinski definition) is 2. The Morgan fingerprint density at radius 2 is 1.58 bits per heavy atom. The topological polar surface area (TPSA) is 58.2 Å². The summed E-state index contributed by atoms with van der Waals surface area (Å²) in [4.78, 5) is 24.1. The lowest BCUT2D eigenvalue weighted by Crippen LogP contribution is -2.24. The third-order valence-electron chi connectivity index (χ3n) is 3.23. The Morgan fingerprint density at radius 3 is 2.17 bits per heavy atom. The molecule has 0 aliphatic carbocycles. The number of halogens is 3. The smallest absolute Gasteiger partial charge is 0.352 e. The molecule has 0 radical (unpaired) electrons. The lowest BCUT2D eigenvalue weighted by molar-refractivity contribution is -0.137. The molecular weight excluding hydrogens is 321 g/mol. The number of anilines is 1. The number of rotatable bonds is 4. The number of benzene rings is 2. The third-order valence-corrected chi connectivity index (χ3v) is 3.23. The maximum atomic E-state index is 12.5. The number of alkyl halides is 3. The van der Waals surface area contributed by atoms with Gasteiger partial charge in [-0.15, -0.1) is 0 Å². The van der Waals surface area contributed by atoms with Gasteiger partial charge < -0.3 is 10.6 Å². The Hall–Kier alpha value is -2.83. The summed E-state index contributed by atoms with van der Waals surface area (Å²) in [5.74, 6) is -0.943. The third kappa shape index (κ3) is 4.13. The van der Waals surface area contributed by atoms with Gasteiger partial charge >= 0.3 is 6.18 Å². The normalized spacial score (nSPS) is 11.0. The van der Waals surface area contributed by atoms with Crippen molar-refractivity contribution in [2.75, 3.05) is 11.9 Å². The fraction of sp³-hybridized carbons (Fsp3) is 0.176. The molecule has 126 valence electrons. The molecule has 2 N–H and O–H groups in total. The number of amides is 2. The molecule has 0 bridgehead atoms.